The third-order valence-electron chi connectivity index (χ3n) is 6.27. The molecule has 0 atom stereocenters. The highest BCUT2D eigenvalue weighted by Crippen LogP contribution is 2.28. The van der Waals surface area contributed by atoms with Crippen molar-refractivity contribution in [1.82, 2.24) is 16.1 Å². The summed E-state index contributed by atoms with van der Waals surface area (Å²) in [5, 5.41) is 6.36. The van der Waals surface area contributed by atoms with Crippen LogP contribution in [0.5, 0.6) is 0 Å². The quantitative estimate of drug-likeness (QED) is 0.297. The fourth-order valence-electron chi connectivity index (χ4n) is 4.92. The first-order chi connectivity index (χ1) is 16.6. The predicted octanol–water partition coefficient (Wildman–Crippen LogP) is 3.28. The summed E-state index contributed by atoms with van der Waals surface area (Å²) in [6, 6.07) is 9.73. The Hall–Kier alpha value is -3.11. The molecule has 0 radical (unpaired) electrons. The Kier molecular flexibility index (Phi) is 7.71. The molecule has 196 valence electrons. The normalized spacial score (nSPS) is 17.2. The van der Waals surface area contributed by atoms with Crippen molar-refractivity contribution in [3.05, 3.63) is 53.1 Å². The number of piperidine rings is 1. The molecule has 1 fully saturated rings. The van der Waals surface area contributed by atoms with Crippen LogP contribution < -0.4 is 26.2 Å². The molecule has 1 aliphatic rings. The summed E-state index contributed by atoms with van der Waals surface area (Å²) in [6.07, 6.45) is 1.42. The Balaban J connectivity index is 1.56. The van der Waals surface area contributed by atoms with E-state index in [1.165, 1.54) is 0 Å². The van der Waals surface area contributed by atoms with Crippen molar-refractivity contribution in [3.8, 4) is 0 Å². The Bertz CT molecular complexity index is 1240. The van der Waals surface area contributed by atoms with E-state index >= 15 is 0 Å². The van der Waals surface area contributed by atoms with Crippen molar-refractivity contribution in [2.45, 2.75) is 83.3 Å². The lowest BCUT2D eigenvalue weighted by Gasteiger charge is -2.46. The number of carbonyl (C=O) groups is 2. The first kappa shape index (κ1) is 27.5. The number of aryl methyl sites for hydroxylation is 3. The maximum Gasteiger partial charge on any atom is 0.327 e. The highest BCUT2D eigenvalue weighted by atomic mass is 32.2. The fourth-order valence-corrected chi connectivity index (χ4v) is 6.29. The summed E-state index contributed by atoms with van der Waals surface area (Å²) in [4.78, 5) is 25.0. The highest BCUT2D eigenvalue weighted by Gasteiger charge is 2.38. The van der Waals surface area contributed by atoms with E-state index in [2.05, 4.69) is 53.9 Å². The van der Waals surface area contributed by atoms with E-state index in [1.54, 1.807) is 37.3 Å². The molecule has 1 heterocycles. The average molecular weight is 516 g/mol. The van der Waals surface area contributed by atoms with Crippen molar-refractivity contribution in [2.24, 2.45) is 0 Å². The van der Waals surface area contributed by atoms with Gasteiger partial charge in [0, 0.05) is 22.8 Å². The van der Waals surface area contributed by atoms with Crippen molar-refractivity contribution >= 4 is 33.2 Å². The van der Waals surface area contributed by atoms with Gasteiger partial charge in [-0.3, -0.25) is 25.2 Å². The molecule has 0 spiro atoms. The zero-order valence-electron chi connectivity index (χ0n) is 22.0. The van der Waals surface area contributed by atoms with Crippen LogP contribution in [-0.4, -0.2) is 37.4 Å². The van der Waals surface area contributed by atoms with Gasteiger partial charge in [-0.25, -0.2) is 8.42 Å². The number of rotatable bonds is 6. The highest BCUT2D eigenvalue weighted by molar-refractivity contribution is 7.92. The summed E-state index contributed by atoms with van der Waals surface area (Å²) in [7, 11) is -3.76. The van der Waals surface area contributed by atoms with Crippen molar-refractivity contribution in [2.75, 3.05) is 10.1 Å². The van der Waals surface area contributed by atoms with Gasteiger partial charge in [0.2, 0.25) is 0 Å². The van der Waals surface area contributed by atoms with E-state index in [1.807, 2.05) is 19.9 Å². The molecule has 0 aromatic heterocycles. The summed E-state index contributed by atoms with van der Waals surface area (Å²) < 4.78 is 28.3. The number of amides is 2. The molecule has 5 N–H and O–H groups in total. The molecule has 0 bridgehead atoms. The van der Waals surface area contributed by atoms with Gasteiger partial charge < -0.3 is 10.6 Å². The van der Waals surface area contributed by atoms with Crippen LogP contribution in [0.15, 0.2) is 41.3 Å². The van der Waals surface area contributed by atoms with Gasteiger partial charge in [-0.15, -0.1) is 0 Å². The predicted molar refractivity (Wildman–Crippen MR) is 142 cm³/mol. The molecule has 0 saturated carbocycles. The Morgan fingerprint density at radius 3 is 1.94 bits per heavy atom. The second kappa shape index (κ2) is 10.1. The molecular weight excluding hydrogens is 478 g/mol. The molecule has 3 rings (SSSR count). The van der Waals surface area contributed by atoms with Gasteiger partial charge in [-0.05, 0) is 108 Å². The SMILES string of the molecule is Cc1cc(C)c(S(=O)(=O)Nc2ccc(NNC(=O)C(=O)NC3CC(C)(C)NC(C)(C)C3)cc2)cc1C. The van der Waals surface area contributed by atoms with Gasteiger partial charge in [0.05, 0.1) is 10.6 Å². The first-order valence-corrected chi connectivity index (χ1v) is 13.4. The van der Waals surface area contributed by atoms with E-state index in [0.29, 0.717) is 29.8 Å². The van der Waals surface area contributed by atoms with Crippen molar-refractivity contribution in [1.29, 1.82) is 0 Å². The fraction of sp³-hybridized carbons (Fsp3) is 0.462. The Labute approximate surface area is 213 Å². The number of nitrogens with one attached hydrogen (secondary N) is 5. The second-order valence-electron chi connectivity index (χ2n) is 10.9. The lowest BCUT2D eigenvalue weighted by atomic mass is 9.79. The third-order valence-corrected chi connectivity index (χ3v) is 7.79. The number of anilines is 2. The second-order valence-corrected chi connectivity index (χ2v) is 12.6. The molecule has 10 heteroatoms. The van der Waals surface area contributed by atoms with Gasteiger partial charge >= 0.3 is 11.8 Å². The van der Waals surface area contributed by atoms with Crippen molar-refractivity contribution < 1.29 is 18.0 Å². The summed E-state index contributed by atoms with van der Waals surface area (Å²) >= 11 is 0. The van der Waals surface area contributed by atoms with Crippen LogP contribution in [0.1, 0.15) is 57.2 Å². The van der Waals surface area contributed by atoms with Gasteiger partial charge in [0.1, 0.15) is 0 Å². The largest absolute Gasteiger partial charge is 0.345 e. The standard InChI is InChI=1S/C26H37N5O4S/c1-16-12-18(3)22(13-17(16)2)36(34,35)30-20-10-8-19(9-11-20)28-29-24(33)23(32)27-21-14-25(4,5)31-26(6,7)15-21/h8-13,21,28,30-31H,14-15H2,1-7H3,(H,27,32)(H,29,33). The monoisotopic (exact) mass is 515 g/mol. The molecule has 9 nitrogen and oxygen atoms in total. The van der Waals surface area contributed by atoms with Gasteiger partial charge in [0.25, 0.3) is 10.0 Å². The molecule has 36 heavy (non-hydrogen) atoms. The van der Waals surface area contributed by atoms with E-state index < -0.39 is 21.8 Å². The zero-order chi connectivity index (χ0) is 26.9. The third kappa shape index (κ3) is 6.98. The summed E-state index contributed by atoms with van der Waals surface area (Å²) in [5.74, 6) is -1.52. The molecule has 0 unspecified atom stereocenters. The minimum Gasteiger partial charge on any atom is -0.345 e. The smallest absolute Gasteiger partial charge is 0.327 e. The van der Waals surface area contributed by atoms with Gasteiger partial charge in [-0.1, -0.05) is 6.07 Å². The first-order valence-electron chi connectivity index (χ1n) is 11.9. The Morgan fingerprint density at radius 2 is 1.36 bits per heavy atom. The van der Waals surface area contributed by atoms with Gasteiger partial charge in [-0.2, -0.15) is 0 Å². The number of sulfonamides is 1. The molecule has 1 saturated heterocycles. The molecule has 2 aromatic carbocycles. The molecule has 2 aromatic rings. The summed E-state index contributed by atoms with van der Waals surface area (Å²) in [6.45, 7) is 13.9. The molecular formula is C26H37N5O4S. The van der Waals surface area contributed by atoms with E-state index in [0.717, 1.165) is 11.1 Å². The zero-order valence-corrected chi connectivity index (χ0v) is 22.8. The minimum absolute atomic E-state index is 0.122. The van der Waals surface area contributed by atoms with Crippen LogP contribution in [0, 0.1) is 20.8 Å². The van der Waals surface area contributed by atoms with E-state index in [9.17, 15) is 18.0 Å². The number of benzene rings is 2. The number of hydrogen-bond acceptors (Lipinski definition) is 6. The van der Waals surface area contributed by atoms with Gasteiger partial charge in [0.15, 0.2) is 0 Å². The van der Waals surface area contributed by atoms with E-state index in [4.69, 9.17) is 0 Å². The van der Waals surface area contributed by atoms with Crippen LogP contribution >= 0.6 is 0 Å². The average Bonchev–Trinajstić information content (AvgIpc) is 2.72. The lowest BCUT2D eigenvalue weighted by Crippen LogP contribution is -2.63. The maximum absolute atomic E-state index is 12.9. The van der Waals surface area contributed by atoms with Crippen LogP contribution in [0.3, 0.4) is 0 Å². The molecule has 0 aliphatic carbocycles. The molecule has 2 amide bonds. The number of hydrogen-bond donors (Lipinski definition) is 5. The Morgan fingerprint density at radius 1 is 0.833 bits per heavy atom. The minimum atomic E-state index is -3.76. The topological polar surface area (TPSA) is 128 Å². The van der Waals surface area contributed by atoms with Crippen LogP contribution in [0.25, 0.3) is 0 Å². The van der Waals surface area contributed by atoms with E-state index in [-0.39, 0.29) is 22.0 Å². The maximum atomic E-state index is 12.9. The van der Waals surface area contributed by atoms with Crippen LogP contribution in [0.2, 0.25) is 0 Å². The lowest BCUT2D eigenvalue weighted by molar-refractivity contribution is -0.139. The number of hydrazine groups is 1. The molecule has 1 aliphatic heterocycles. The van der Waals surface area contributed by atoms with Crippen LogP contribution in [0.4, 0.5) is 11.4 Å². The van der Waals surface area contributed by atoms with Crippen LogP contribution in [-0.2, 0) is 19.6 Å². The van der Waals surface area contributed by atoms with Crippen molar-refractivity contribution in [3.63, 3.8) is 0 Å². The summed E-state index contributed by atoms with van der Waals surface area (Å²) in [5.41, 5.74) is 8.22. The number of carbonyl (C=O) groups excluding carboxylic acids is 2.